The van der Waals surface area contributed by atoms with E-state index >= 15 is 0 Å². The Balaban J connectivity index is 1.89. The van der Waals surface area contributed by atoms with E-state index < -0.39 is 23.4 Å². The third-order valence-corrected chi connectivity index (χ3v) is 4.19. The van der Waals surface area contributed by atoms with Crippen LogP contribution >= 0.6 is 11.6 Å². The third kappa shape index (κ3) is 3.13. The van der Waals surface area contributed by atoms with Gasteiger partial charge >= 0.3 is 6.18 Å². The van der Waals surface area contributed by atoms with Crippen molar-refractivity contribution in [2.24, 2.45) is 0 Å². The summed E-state index contributed by atoms with van der Waals surface area (Å²) in [6, 6.07) is 5.80. The van der Waals surface area contributed by atoms with Crippen molar-refractivity contribution in [1.29, 1.82) is 0 Å². The summed E-state index contributed by atoms with van der Waals surface area (Å²) in [4.78, 5) is 1.78. The summed E-state index contributed by atoms with van der Waals surface area (Å²) in [5.74, 6) is -1.83. The van der Waals surface area contributed by atoms with Gasteiger partial charge in [-0.1, -0.05) is 11.6 Å². The molecular formula is C16H11ClF5N. The van der Waals surface area contributed by atoms with Crippen LogP contribution in [0.3, 0.4) is 0 Å². The lowest BCUT2D eigenvalue weighted by atomic mass is 9.98. The van der Waals surface area contributed by atoms with Crippen molar-refractivity contribution in [3.8, 4) is 0 Å². The van der Waals surface area contributed by atoms with Crippen molar-refractivity contribution >= 4 is 17.3 Å². The second-order valence-electron chi connectivity index (χ2n) is 5.37. The van der Waals surface area contributed by atoms with Gasteiger partial charge in [-0.15, -0.1) is 0 Å². The molecule has 0 saturated carbocycles. The van der Waals surface area contributed by atoms with Gasteiger partial charge in [-0.3, -0.25) is 0 Å². The van der Waals surface area contributed by atoms with Crippen molar-refractivity contribution in [3.63, 3.8) is 0 Å². The van der Waals surface area contributed by atoms with Crippen LogP contribution in [0.5, 0.6) is 0 Å². The van der Waals surface area contributed by atoms with Crippen LogP contribution in [-0.2, 0) is 19.1 Å². The minimum atomic E-state index is -4.51. The first-order valence-electron chi connectivity index (χ1n) is 6.84. The maximum Gasteiger partial charge on any atom is 0.417 e. The lowest BCUT2D eigenvalue weighted by molar-refractivity contribution is -0.137. The first kappa shape index (κ1) is 16.1. The first-order chi connectivity index (χ1) is 10.8. The van der Waals surface area contributed by atoms with E-state index in [1.165, 1.54) is 18.2 Å². The average molecular weight is 348 g/mol. The van der Waals surface area contributed by atoms with E-state index in [4.69, 9.17) is 11.6 Å². The van der Waals surface area contributed by atoms with E-state index in [1.54, 1.807) is 4.90 Å². The van der Waals surface area contributed by atoms with Crippen LogP contribution in [0, 0.1) is 11.6 Å². The summed E-state index contributed by atoms with van der Waals surface area (Å²) in [7, 11) is 0. The molecule has 122 valence electrons. The molecule has 0 unspecified atom stereocenters. The molecule has 0 fully saturated rings. The molecule has 0 saturated heterocycles. The van der Waals surface area contributed by atoms with Crippen LogP contribution in [-0.4, -0.2) is 6.54 Å². The van der Waals surface area contributed by atoms with Gasteiger partial charge in [0.2, 0.25) is 0 Å². The topological polar surface area (TPSA) is 3.24 Å². The van der Waals surface area contributed by atoms with Crippen LogP contribution < -0.4 is 4.90 Å². The fourth-order valence-electron chi connectivity index (χ4n) is 2.70. The van der Waals surface area contributed by atoms with Crippen molar-refractivity contribution in [2.75, 3.05) is 11.4 Å². The first-order valence-corrected chi connectivity index (χ1v) is 7.22. The van der Waals surface area contributed by atoms with E-state index in [0.29, 0.717) is 29.8 Å². The van der Waals surface area contributed by atoms with Crippen LogP contribution in [0.15, 0.2) is 30.3 Å². The lowest BCUT2D eigenvalue weighted by Gasteiger charge is -2.31. The summed E-state index contributed by atoms with van der Waals surface area (Å²) in [5.41, 5.74) is 0.941. The standard InChI is InChI=1S/C16H11ClF5N/c17-13-7-11(1-2-12(13)16(20,21)22)23-4-3-9-5-14(18)15(19)6-10(9)8-23/h1-2,5-7H,3-4,8H2. The number of anilines is 1. The Morgan fingerprint density at radius 1 is 0.957 bits per heavy atom. The highest BCUT2D eigenvalue weighted by molar-refractivity contribution is 6.31. The molecule has 0 radical (unpaired) electrons. The third-order valence-electron chi connectivity index (χ3n) is 3.88. The molecule has 1 heterocycles. The molecule has 23 heavy (non-hydrogen) atoms. The maximum absolute atomic E-state index is 13.3. The molecule has 1 aliphatic heterocycles. The van der Waals surface area contributed by atoms with Gasteiger partial charge in [0.05, 0.1) is 10.6 Å². The SMILES string of the molecule is Fc1cc2c(cc1F)CN(c1ccc(C(F)(F)F)c(Cl)c1)CC2. The summed E-state index contributed by atoms with van der Waals surface area (Å²) in [6.07, 6.45) is -4.03. The summed E-state index contributed by atoms with van der Waals surface area (Å²) in [5, 5.41) is -0.383. The highest BCUT2D eigenvalue weighted by Crippen LogP contribution is 2.37. The van der Waals surface area contributed by atoms with Crippen molar-refractivity contribution < 1.29 is 22.0 Å². The quantitative estimate of drug-likeness (QED) is 0.641. The molecule has 0 aliphatic carbocycles. The van der Waals surface area contributed by atoms with Crippen LogP contribution in [0.1, 0.15) is 16.7 Å². The van der Waals surface area contributed by atoms with E-state index in [1.807, 2.05) is 0 Å². The van der Waals surface area contributed by atoms with Gasteiger partial charge in [-0.05, 0) is 47.9 Å². The Labute approximate surface area is 134 Å². The summed E-state index contributed by atoms with van der Waals surface area (Å²) < 4.78 is 64.7. The number of hydrogen-bond donors (Lipinski definition) is 0. The molecule has 0 atom stereocenters. The predicted molar refractivity (Wildman–Crippen MR) is 77.6 cm³/mol. The fourth-order valence-corrected chi connectivity index (χ4v) is 2.98. The average Bonchev–Trinajstić information content (AvgIpc) is 2.46. The molecule has 3 rings (SSSR count). The minimum Gasteiger partial charge on any atom is -0.367 e. The van der Waals surface area contributed by atoms with Crippen LogP contribution in [0.2, 0.25) is 5.02 Å². The molecule has 0 spiro atoms. The molecule has 0 N–H and O–H groups in total. The van der Waals surface area contributed by atoms with Gasteiger partial charge < -0.3 is 4.90 Å². The molecule has 2 aromatic carbocycles. The zero-order chi connectivity index (χ0) is 16.8. The Morgan fingerprint density at radius 2 is 1.61 bits per heavy atom. The van der Waals surface area contributed by atoms with E-state index in [-0.39, 0.29) is 11.6 Å². The molecule has 7 heteroatoms. The predicted octanol–water partition coefficient (Wildman–Crippen LogP) is 5.20. The number of halogens is 6. The lowest BCUT2D eigenvalue weighted by Crippen LogP contribution is -2.30. The number of rotatable bonds is 1. The normalized spacial score (nSPS) is 14.8. The molecule has 0 aromatic heterocycles. The van der Waals surface area contributed by atoms with Crippen LogP contribution in [0.25, 0.3) is 0 Å². The second kappa shape index (κ2) is 5.67. The monoisotopic (exact) mass is 347 g/mol. The Morgan fingerprint density at radius 3 is 2.22 bits per heavy atom. The van der Waals surface area contributed by atoms with Gasteiger partial charge in [-0.2, -0.15) is 13.2 Å². The number of nitrogens with zero attached hydrogens (tertiary/aromatic N) is 1. The molecule has 0 amide bonds. The van der Waals surface area contributed by atoms with E-state index in [9.17, 15) is 22.0 Å². The van der Waals surface area contributed by atoms with Crippen molar-refractivity contribution in [2.45, 2.75) is 19.1 Å². The smallest absolute Gasteiger partial charge is 0.367 e. The number of fused-ring (bicyclic) bond motifs is 1. The zero-order valence-electron chi connectivity index (χ0n) is 11.7. The maximum atomic E-state index is 13.3. The minimum absolute atomic E-state index is 0.286. The summed E-state index contributed by atoms with van der Waals surface area (Å²) in [6.45, 7) is 0.772. The van der Waals surface area contributed by atoms with Crippen LogP contribution in [0.4, 0.5) is 27.6 Å². The van der Waals surface area contributed by atoms with Gasteiger partial charge in [0.1, 0.15) is 0 Å². The number of hydrogen-bond acceptors (Lipinski definition) is 1. The molecule has 1 aliphatic rings. The zero-order valence-corrected chi connectivity index (χ0v) is 12.5. The van der Waals surface area contributed by atoms with E-state index in [0.717, 1.165) is 12.1 Å². The number of alkyl halides is 3. The molecule has 1 nitrogen and oxygen atoms in total. The van der Waals surface area contributed by atoms with E-state index in [2.05, 4.69) is 0 Å². The molecular weight excluding hydrogens is 337 g/mol. The van der Waals surface area contributed by atoms with Crippen molar-refractivity contribution in [1.82, 2.24) is 0 Å². The van der Waals surface area contributed by atoms with Gasteiger partial charge in [-0.25, -0.2) is 8.78 Å². The van der Waals surface area contributed by atoms with Gasteiger partial charge in [0, 0.05) is 18.8 Å². The fraction of sp³-hybridized carbons (Fsp3) is 0.250. The summed E-state index contributed by atoms with van der Waals surface area (Å²) >= 11 is 5.72. The Hall–Kier alpha value is -1.82. The Bertz CT molecular complexity index is 757. The molecule has 2 aromatic rings. The Kier molecular flexibility index (Phi) is 3.96. The van der Waals surface area contributed by atoms with Gasteiger partial charge in [0.25, 0.3) is 0 Å². The molecule has 0 bridgehead atoms. The number of benzene rings is 2. The van der Waals surface area contributed by atoms with Gasteiger partial charge in [0.15, 0.2) is 11.6 Å². The highest BCUT2D eigenvalue weighted by atomic mass is 35.5. The van der Waals surface area contributed by atoms with Crippen molar-refractivity contribution in [3.05, 3.63) is 63.7 Å². The highest BCUT2D eigenvalue weighted by Gasteiger charge is 2.33. The second-order valence-corrected chi connectivity index (χ2v) is 5.78. The largest absolute Gasteiger partial charge is 0.417 e.